The standard InChI is InChI=1S/C16H15ClO2/c1-16(2)8-11(6-12(18)9-16)14-7-10-4-3-5-13(17)15(10)19-14/h3-7H,8-9H2,1-2H3. The predicted octanol–water partition coefficient (Wildman–Crippen LogP) is 4.86. The van der Waals surface area contributed by atoms with Crippen LogP contribution in [0.1, 0.15) is 32.4 Å². The molecule has 0 N–H and O–H groups in total. The van der Waals surface area contributed by atoms with E-state index in [0.29, 0.717) is 17.0 Å². The van der Waals surface area contributed by atoms with Gasteiger partial charge in [0.25, 0.3) is 0 Å². The van der Waals surface area contributed by atoms with E-state index in [2.05, 4.69) is 13.8 Å². The molecule has 0 aliphatic heterocycles. The van der Waals surface area contributed by atoms with Crippen LogP contribution in [0.15, 0.2) is 34.8 Å². The first kappa shape index (κ1) is 12.5. The Bertz CT molecular complexity index is 692. The fourth-order valence-electron chi connectivity index (χ4n) is 2.69. The normalized spacial score (nSPS) is 18.7. The average molecular weight is 275 g/mol. The molecule has 0 bridgehead atoms. The van der Waals surface area contributed by atoms with Gasteiger partial charge in [0, 0.05) is 11.8 Å². The van der Waals surface area contributed by atoms with Gasteiger partial charge in [0.2, 0.25) is 0 Å². The molecule has 3 rings (SSSR count). The summed E-state index contributed by atoms with van der Waals surface area (Å²) in [5.74, 6) is 0.919. The highest BCUT2D eigenvalue weighted by Gasteiger charge is 2.29. The van der Waals surface area contributed by atoms with Crippen molar-refractivity contribution >= 4 is 33.9 Å². The fraction of sp³-hybridized carbons (Fsp3) is 0.312. The van der Waals surface area contributed by atoms with Crippen LogP contribution in [-0.4, -0.2) is 5.78 Å². The van der Waals surface area contributed by atoms with E-state index in [4.69, 9.17) is 16.0 Å². The lowest BCUT2D eigenvalue weighted by molar-refractivity contribution is -0.116. The van der Waals surface area contributed by atoms with Gasteiger partial charge in [0.05, 0.1) is 5.02 Å². The average Bonchev–Trinajstić information content (AvgIpc) is 2.71. The summed E-state index contributed by atoms with van der Waals surface area (Å²) in [6, 6.07) is 7.63. The van der Waals surface area contributed by atoms with Crippen LogP contribution in [0.4, 0.5) is 0 Å². The zero-order chi connectivity index (χ0) is 13.6. The van der Waals surface area contributed by atoms with Crippen molar-refractivity contribution in [3.63, 3.8) is 0 Å². The second-order valence-electron chi connectivity index (χ2n) is 5.92. The van der Waals surface area contributed by atoms with Crippen molar-refractivity contribution in [2.75, 3.05) is 0 Å². The van der Waals surface area contributed by atoms with Gasteiger partial charge >= 0.3 is 0 Å². The first-order valence-electron chi connectivity index (χ1n) is 6.36. The number of hydrogen-bond acceptors (Lipinski definition) is 2. The molecule has 0 atom stereocenters. The molecule has 0 saturated heterocycles. The third kappa shape index (κ3) is 2.33. The Balaban J connectivity index is 2.10. The van der Waals surface area contributed by atoms with Crippen molar-refractivity contribution < 1.29 is 9.21 Å². The zero-order valence-corrected chi connectivity index (χ0v) is 11.8. The number of carbonyl (C=O) groups excluding carboxylic acids is 1. The van der Waals surface area contributed by atoms with E-state index < -0.39 is 0 Å². The Kier molecular flexibility index (Phi) is 2.79. The van der Waals surface area contributed by atoms with Gasteiger partial charge in [-0.2, -0.15) is 0 Å². The maximum absolute atomic E-state index is 11.8. The molecule has 2 aromatic rings. The highest BCUT2D eigenvalue weighted by Crippen LogP contribution is 2.40. The zero-order valence-electron chi connectivity index (χ0n) is 11.0. The van der Waals surface area contributed by atoms with Gasteiger partial charge in [0.15, 0.2) is 11.4 Å². The van der Waals surface area contributed by atoms with Crippen LogP contribution in [-0.2, 0) is 4.79 Å². The van der Waals surface area contributed by atoms with Gasteiger partial charge in [-0.15, -0.1) is 0 Å². The summed E-state index contributed by atoms with van der Waals surface area (Å²) in [4.78, 5) is 11.8. The predicted molar refractivity (Wildman–Crippen MR) is 77.2 cm³/mol. The Morgan fingerprint density at radius 1 is 1.26 bits per heavy atom. The maximum Gasteiger partial charge on any atom is 0.156 e. The van der Waals surface area contributed by atoms with E-state index in [1.807, 2.05) is 24.3 Å². The van der Waals surface area contributed by atoms with Crippen molar-refractivity contribution in [3.05, 3.63) is 41.1 Å². The number of furan rings is 1. The van der Waals surface area contributed by atoms with Crippen LogP contribution in [0.5, 0.6) is 0 Å². The van der Waals surface area contributed by atoms with Crippen LogP contribution in [0.3, 0.4) is 0 Å². The summed E-state index contributed by atoms with van der Waals surface area (Å²) in [6.07, 6.45) is 3.14. The molecule has 1 aliphatic rings. The number of hydrogen-bond donors (Lipinski definition) is 0. The summed E-state index contributed by atoms with van der Waals surface area (Å²) in [5.41, 5.74) is 1.65. The first-order chi connectivity index (χ1) is 8.94. The summed E-state index contributed by atoms with van der Waals surface area (Å²) in [5, 5.41) is 1.57. The van der Waals surface area contributed by atoms with Gasteiger partial charge < -0.3 is 4.42 Å². The fourth-order valence-corrected chi connectivity index (χ4v) is 2.91. The van der Waals surface area contributed by atoms with Gasteiger partial charge in [-0.25, -0.2) is 0 Å². The van der Waals surface area contributed by atoms with Crippen LogP contribution in [0.25, 0.3) is 16.5 Å². The van der Waals surface area contributed by atoms with Crippen LogP contribution < -0.4 is 0 Å². The monoisotopic (exact) mass is 274 g/mol. The molecule has 0 unspecified atom stereocenters. The Labute approximate surface area is 117 Å². The largest absolute Gasteiger partial charge is 0.455 e. The maximum atomic E-state index is 11.8. The van der Waals surface area contributed by atoms with E-state index in [-0.39, 0.29) is 11.2 Å². The third-order valence-electron chi connectivity index (χ3n) is 3.47. The molecule has 1 aromatic heterocycles. The Morgan fingerprint density at radius 2 is 2.05 bits per heavy atom. The molecule has 1 heterocycles. The molecule has 98 valence electrons. The lowest BCUT2D eigenvalue weighted by atomic mass is 9.76. The number of ketones is 1. The molecule has 3 heteroatoms. The molecular weight excluding hydrogens is 260 g/mol. The highest BCUT2D eigenvalue weighted by atomic mass is 35.5. The van der Waals surface area contributed by atoms with Gasteiger partial charge in [0.1, 0.15) is 5.76 Å². The van der Waals surface area contributed by atoms with Crippen molar-refractivity contribution in [2.45, 2.75) is 26.7 Å². The van der Waals surface area contributed by atoms with E-state index in [1.165, 1.54) is 0 Å². The number of carbonyl (C=O) groups is 1. The highest BCUT2D eigenvalue weighted by molar-refractivity contribution is 6.34. The summed E-state index contributed by atoms with van der Waals surface area (Å²) < 4.78 is 5.83. The molecule has 0 amide bonds. The van der Waals surface area contributed by atoms with Crippen molar-refractivity contribution in [1.82, 2.24) is 0 Å². The molecule has 0 spiro atoms. The van der Waals surface area contributed by atoms with E-state index in [0.717, 1.165) is 23.1 Å². The van der Waals surface area contributed by atoms with Gasteiger partial charge in [-0.1, -0.05) is 37.6 Å². The number of para-hydroxylation sites is 1. The SMILES string of the molecule is CC1(C)CC(=O)C=C(c2cc3cccc(Cl)c3o2)C1. The van der Waals surface area contributed by atoms with Crippen LogP contribution >= 0.6 is 11.6 Å². The molecule has 1 aliphatic carbocycles. The van der Waals surface area contributed by atoms with E-state index in [9.17, 15) is 4.79 Å². The third-order valence-corrected chi connectivity index (χ3v) is 3.77. The number of allylic oxidation sites excluding steroid dienone is 2. The minimum atomic E-state index is -0.00998. The summed E-state index contributed by atoms with van der Waals surface area (Å²) >= 11 is 6.11. The topological polar surface area (TPSA) is 30.2 Å². The molecule has 19 heavy (non-hydrogen) atoms. The molecular formula is C16H15ClO2. The summed E-state index contributed by atoms with van der Waals surface area (Å²) in [6.45, 7) is 4.21. The summed E-state index contributed by atoms with van der Waals surface area (Å²) in [7, 11) is 0. The van der Waals surface area contributed by atoms with Gasteiger partial charge in [-0.05, 0) is 35.6 Å². The quantitative estimate of drug-likeness (QED) is 0.743. The number of fused-ring (bicyclic) bond motifs is 1. The van der Waals surface area contributed by atoms with Crippen LogP contribution in [0.2, 0.25) is 5.02 Å². The van der Waals surface area contributed by atoms with Crippen molar-refractivity contribution in [2.24, 2.45) is 5.41 Å². The minimum Gasteiger partial charge on any atom is -0.455 e. The molecule has 0 fully saturated rings. The van der Waals surface area contributed by atoms with Crippen molar-refractivity contribution in [1.29, 1.82) is 0 Å². The molecule has 0 radical (unpaired) electrons. The van der Waals surface area contributed by atoms with E-state index in [1.54, 1.807) is 6.08 Å². The second kappa shape index (κ2) is 4.24. The van der Waals surface area contributed by atoms with Crippen LogP contribution in [0, 0.1) is 5.41 Å². The lowest BCUT2D eigenvalue weighted by Crippen LogP contribution is -2.21. The van der Waals surface area contributed by atoms with Crippen molar-refractivity contribution in [3.8, 4) is 0 Å². The Hall–Kier alpha value is -1.54. The lowest BCUT2D eigenvalue weighted by Gasteiger charge is -2.27. The molecule has 2 nitrogen and oxygen atoms in total. The smallest absolute Gasteiger partial charge is 0.156 e. The number of rotatable bonds is 1. The minimum absolute atomic E-state index is 0.00998. The second-order valence-corrected chi connectivity index (χ2v) is 6.33. The first-order valence-corrected chi connectivity index (χ1v) is 6.74. The molecule has 1 aromatic carbocycles. The Morgan fingerprint density at radius 3 is 2.74 bits per heavy atom. The molecule has 0 saturated carbocycles. The van der Waals surface area contributed by atoms with Gasteiger partial charge in [-0.3, -0.25) is 4.79 Å². The number of benzene rings is 1. The number of halogens is 1. The van der Waals surface area contributed by atoms with E-state index >= 15 is 0 Å².